The average Bonchev–Trinajstić information content (AvgIpc) is 2.82. The normalized spacial score (nSPS) is 13.0. The maximum Gasteiger partial charge on any atom is 0.416 e. The van der Waals surface area contributed by atoms with E-state index in [4.69, 9.17) is 11.5 Å². The number of benzene rings is 2. The lowest BCUT2D eigenvalue weighted by Crippen LogP contribution is -2.38. The van der Waals surface area contributed by atoms with Crippen LogP contribution in [0.15, 0.2) is 53.3 Å². The maximum atomic E-state index is 12.9. The van der Waals surface area contributed by atoms with Crippen LogP contribution in [0.5, 0.6) is 0 Å². The molecule has 0 spiro atoms. The Morgan fingerprint density at radius 1 is 1.20 bits per heavy atom. The van der Waals surface area contributed by atoms with E-state index in [0.717, 1.165) is 18.6 Å². The van der Waals surface area contributed by atoms with Gasteiger partial charge in [-0.15, -0.1) is 12.3 Å². The summed E-state index contributed by atoms with van der Waals surface area (Å²) in [5.41, 5.74) is 0.923. The van der Waals surface area contributed by atoms with E-state index in [1.807, 2.05) is 6.92 Å². The zero-order chi connectivity index (χ0) is 26.2. The van der Waals surface area contributed by atoms with Gasteiger partial charge in [0.25, 0.3) is 5.91 Å². The van der Waals surface area contributed by atoms with Gasteiger partial charge in [-0.2, -0.15) is 18.3 Å². The fourth-order valence-corrected chi connectivity index (χ4v) is 3.27. The number of hydrogen-bond acceptors (Lipinski definition) is 5. The first-order valence-corrected chi connectivity index (χ1v) is 10.5. The van der Waals surface area contributed by atoms with Crippen LogP contribution in [0.3, 0.4) is 0 Å². The Bertz CT molecular complexity index is 1180. The van der Waals surface area contributed by atoms with Gasteiger partial charge in [-0.1, -0.05) is 37.3 Å². The molecule has 0 aliphatic carbocycles. The number of fused-ring (bicyclic) bond motifs is 1. The van der Waals surface area contributed by atoms with Gasteiger partial charge in [0.1, 0.15) is 6.54 Å². The van der Waals surface area contributed by atoms with Crippen molar-refractivity contribution in [3.8, 4) is 23.5 Å². The van der Waals surface area contributed by atoms with Gasteiger partial charge < -0.3 is 15.5 Å². The first-order valence-electron chi connectivity index (χ1n) is 10.5. The molecule has 0 unspecified atom stereocenters. The predicted molar refractivity (Wildman–Crippen MR) is 126 cm³/mol. The molecular weight excluding hydrogens is 463 g/mol. The Kier molecular flexibility index (Phi) is 9.05. The molecule has 2 aromatic carbocycles. The molecule has 1 aliphatic rings. The first kappa shape index (κ1) is 27.0. The van der Waals surface area contributed by atoms with E-state index >= 15 is 0 Å². The number of alkyl halides is 3. The highest BCUT2D eigenvalue weighted by Gasteiger charge is 2.32. The number of terminal acetylenes is 1. The summed E-state index contributed by atoms with van der Waals surface area (Å²) in [5, 5.41) is 27.0. The number of rotatable bonds is 5. The van der Waals surface area contributed by atoms with Gasteiger partial charge in [-0.3, -0.25) is 14.6 Å². The minimum Gasteiger partial charge on any atom is -0.505 e. The molecule has 1 aliphatic heterocycles. The van der Waals surface area contributed by atoms with Crippen LogP contribution < -0.4 is 5.32 Å². The summed E-state index contributed by atoms with van der Waals surface area (Å²) in [6, 6.07) is 9.48. The third-order valence-electron chi connectivity index (χ3n) is 4.82. The molecule has 3 N–H and O–H groups in total. The third kappa shape index (κ3) is 6.63. The van der Waals surface area contributed by atoms with Crippen LogP contribution in [0.1, 0.15) is 37.0 Å². The van der Waals surface area contributed by atoms with Gasteiger partial charge in [-0.05, 0) is 35.7 Å². The number of carbonyl (C=O) groups excluding carboxylic acids is 1. The van der Waals surface area contributed by atoms with Crippen LogP contribution in [0.4, 0.5) is 13.2 Å². The lowest BCUT2D eigenvalue weighted by molar-refractivity contribution is -0.138. The van der Waals surface area contributed by atoms with E-state index in [1.165, 1.54) is 23.4 Å². The van der Waals surface area contributed by atoms with Crippen molar-refractivity contribution in [1.82, 2.24) is 10.3 Å². The number of nitrogens with one attached hydrogen (secondary N) is 1. The summed E-state index contributed by atoms with van der Waals surface area (Å²) in [6.45, 7) is 2.94. The van der Waals surface area contributed by atoms with Crippen molar-refractivity contribution in [2.75, 3.05) is 6.54 Å². The summed E-state index contributed by atoms with van der Waals surface area (Å²) in [6.07, 6.45) is 2.56. The van der Waals surface area contributed by atoms with Crippen molar-refractivity contribution in [2.45, 2.75) is 33.0 Å². The number of carbonyl (C=O) groups is 2. The highest BCUT2D eigenvalue weighted by molar-refractivity contribution is 6.01. The summed E-state index contributed by atoms with van der Waals surface area (Å²) in [5.74, 6) is -0.0561. The van der Waals surface area contributed by atoms with Crippen LogP contribution in [0, 0.1) is 12.3 Å². The van der Waals surface area contributed by atoms with Crippen molar-refractivity contribution < 1.29 is 33.0 Å². The number of aliphatic carboxylic acids is 1. The molecule has 0 atom stereocenters. The Hall–Kier alpha value is -4.26. The minimum atomic E-state index is -4.46. The summed E-state index contributed by atoms with van der Waals surface area (Å²) < 4.78 is 38.6. The van der Waals surface area contributed by atoms with E-state index < -0.39 is 35.9 Å². The van der Waals surface area contributed by atoms with Crippen LogP contribution in [0.25, 0.3) is 16.9 Å². The Labute approximate surface area is 200 Å². The molecule has 0 aromatic heterocycles. The molecule has 1 amide bonds. The number of aliphatic hydroxyl groups is 1. The second-order valence-electron chi connectivity index (χ2n) is 7.17. The molecule has 0 bridgehead atoms. The Balaban J connectivity index is 0.00000100. The van der Waals surface area contributed by atoms with Gasteiger partial charge in [0.2, 0.25) is 0 Å². The van der Waals surface area contributed by atoms with Crippen LogP contribution in [0.2, 0.25) is 0 Å². The maximum absolute atomic E-state index is 12.9. The smallest absolute Gasteiger partial charge is 0.416 e. The number of amides is 1. The molecule has 7 nitrogen and oxygen atoms in total. The number of carboxylic acid groups (broad SMARTS) is 1. The van der Waals surface area contributed by atoms with Gasteiger partial charge in [0.05, 0.1) is 12.1 Å². The van der Waals surface area contributed by atoms with Crippen LogP contribution in [-0.2, 0) is 22.3 Å². The molecule has 1 heterocycles. The molecule has 184 valence electrons. The van der Waals surface area contributed by atoms with Crippen molar-refractivity contribution in [3.63, 3.8) is 0 Å². The number of halogens is 3. The number of carboxylic acids is 1. The molecule has 0 saturated heterocycles. The predicted octanol–water partition coefficient (Wildman–Crippen LogP) is 4.65. The first-order chi connectivity index (χ1) is 16.5. The van der Waals surface area contributed by atoms with Crippen molar-refractivity contribution in [3.05, 3.63) is 64.9 Å². The Morgan fingerprint density at radius 2 is 1.80 bits per heavy atom. The highest BCUT2D eigenvalue weighted by atomic mass is 19.4. The second kappa shape index (κ2) is 11.7. The monoisotopic (exact) mass is 487 g/mol. The molecular formula is C25H24F3N3O4. The van der Waals surface area contributed by atoms with Crippen LogP contribution in [-0.4, -0.2) is 39.9 Å². The second-order valence-corrected chi connectivity index (χ2v) is 7.17. The van der Waals surface area contributed by atoms with E-state index in [9.17, 15) is 27.9 Å². The third-order valence-corrected chi connectivity index (χ3v) is 4.82. The molecule has 3 rings (SSSR count). The summed E-state index contributed by atoms with van der Waals surface area (Å²) in [7, 11) is 0. The quantitative estimate of drug-likeness (QED) is 0.421. The molecule has 0 radical (unpaired) electrons. The number of aliphatic hydroxyl groups excluding tert-OH is 1. The largest absolute Gasteiger partial charge is 0.505 e. The molecule has 35 heavy (non-hydrogen) atoms. The minimum absolute atomic E-state index is 0.0384. The molecule has 2 aromatic rings. The standard InChI is InChI=1S/C21H18F3N3O4.C4H6/c1-2-26-27-11-16-14(12-6-8-13(9-7-12)21(22,23)24)4-3-5-15(16)19(30)18(27)20(31)25-10-17(28)29;1-3-4-2/h2-9,30H,10-11H2,1H3,(H,25,31)(H,28,29);1H,4H2,2H3/b26-2-;. The number of hydrogen-bond donors (Lipinski definition) is 3. The van der Waals surface area contributed by atoms with E-state index in [0.29, 0.717) is 22.3 Å². The van der Waals surface area contributed by atoms with E-state index in [-0.39, 0.29) is 12.2 Å². The lowest BCUT2D eigenvalue weighted by Gasteiger charge is -2.29. The van der Waals surface area contributed by atoms with Gasteiger partial charge in [0, 0.05) is 18.2 Å². The topological polar surface area (TPSA) is 102 Å². The number of hydrazone groups is 1. The van der Waals surface area contributed by atoms with Crippen molar-refractivity contribution in [2.24, 2.45) is 5.10 Å². The van der Waals surface area contributed by atoms with Crippen molar-refractivity contribution in [1.29, 1.82) is 0 Å². The summed E-state index contributed by atoms with van der Waals surface area (Å²) in [4.78, 5) is 23.2. The van der Waals surface area contributed by atoms with Gasteiger partial charge in [0.15, 0.2) is 11.5 Å². The Morgan fingerprint density at radius 3 is 2.31 bits per heavy atom. The fraction of sp³-hybridized carbons (Fsp3) is 0.240. The van der Waals surface area contributed by atoms with Crippen LogP contribution >= 0.6 is 0 Å². The van der Waals surface area contributed by atoms with Gasteiger partial charge >= 0.3 is 12.1 Å². The average molecular weight is 487 g/mol. The highest BCUT2D eigenvalue weighted by Crippen LogP contribution is 2.37. The van der Waals surface area contributed by atoms with Gasteiger partial charge in [-0.25, -0.2) is 0 Å². The lowest BCUT2D eigenvalue weighted by atomic mass is 9.91. The fourth-order valence-electron chi connectivity index (χ4n) is 3.27. The zero-order valence-corrected chi connectivity index (χ0v) is 19.1. The van der Waals surface area contributed by atoms with Crippen molar-refractivity contribution >= 4 is 23.9 Å². The van der Waals surface area contributed by atoms with E-state index in [2.05, 4.69) is 16.3 Å². The molecule has 0 fully saturated rings. The molecule has 10 heteroatoms. The summed E-state index contributed by atoms with van der Waals surface area (Å²) >= 11 is 0. The molecule has 0 saturated carbocycles. The zero-order valence-electron chi connectivity index (χ0n) is 19.1. The SMILES string of the molecule is C#CCC.C/C=N\N1Cc2c(cccc2-c2ccc(C(F)(F)F)cc2)C(O)=C1C(=O)NCC(=O)O. The van der Waals surface area contributed by atoms with E-state index in [1.54, 1.807) is 25.1 Å². The number of nitrogens with zero attached hydrogens (tertiary/aromatic N) is 2.